The van der Waals surface area contributed by atoms with Crippen LogP contribution in [0.4, 0.5) is 8.78 Å². The number of para-hydroxylation sites is 1. The molecule has 2 atom stereocenters. The number of benzene rings is 2. The van der Waals surface area contributed by atoms with E-state index in [-0.39, 0.29) is 24.1 Å². The molecule has 27 heavy (non-hydrogen) atoms. The van der Waals surface area contributed by atoms with Gasteiger partial charge in [-0.2, -0.15) is 0 Å². The van der Waals surface area contributed by atoms with Crippen molar-refractivity contribution in [1.29, 1.82) is 0 Å². The lowest BCUT2D eigenvalue weighted by Gasteiger charge is -2.35. The Hall–Kier alpha value is -2.02. The van der Waals surface area contributed by atoms with Crippen LogP contribution in [0.5, 0.6) is 5.75 Å². The van der Waals surface area contributed by atoms with E-state index in [1.165, 1.54) is 24.3 Å². The van der Waals surface area contributed by atoms with Crippen molar-refractivity contribution in [3.63, 3.8) is 0 Å². The third-order valence-electron chi connectivity index (χ3n) is 5.03. The number of aliphatic hydroxyl groups is 2. The number of hydrogen-bond acceptors (Lipinski definition) is 4. The summed E-state index contributed by atoms with van der Waals surface area (Å²) in [5.74, 6) is -0.510. The molecule has 3 rings (SSSR count). The monoisotopic (exact) mass is 377 g/mol. The van der Waals surface area contributed by atoms with E-state index in [4.69, 9.17) is 4.74 Å². The first-order valence-electron chi connectivity index (χ1n) is 9.24. The summed E-state index contributed by atoms with van der Waals surface area (Å²) in [6.45, 7) is 1.96. The van der Waals surface area contributed by atoms with E-state index < -0.39 is 18.0 Å². The number of piperidine rings is 1. The molecule has 1 aliphatic rings. The van der Waals surface area contributed by atoms with Gasteiger partial charge in [0.15, 0.2) is 11.6 Å². The Balaban J connectivity index is 1.42. The summed E-state index contributed by atoms with van der Waals surface area (Å²) in [7, 11) is 0. The van der Waals surface area contributed by atoms with Gasteiger partial charge in [-0.25, -0.2) is 8.78 Å². The van der Waals surface area contributed by atoms with E-state index >= 15 is 0 Å². The van der Waals surface area contributed by atoms with Crippen LogP contribution in [0.15, 0.2) is 48.5 Å². The van der Waals surface area contributed by atoms with Crippen LogP contribution < -0.4 is 4.74 Å². The molecule has 2 N–H and O–H groups in total. The molecule has 2 aromatic rings. The molecule has 1 saturated heterocycles. The van der Waals surface area contributed by atoms with Crippen molar-refractivity contribution < 1.29 is 23.7 Å². The van der Waals surface area contributed by atoms with Crippen molar-refractivity contribution in [2.45, 2.75) is 25.0 Å². The van der Waals surface area contributed by atoms with E-state index in [2.05, 4.69) is 4.90 Å². The molecule has 1 aliphatic heterocycles. The van der Waals surface area contributed by atoms with Crippen molar-refractivity contribution >= 4 is 0 Å². The predicted molar refractivity (Wildman–Crippen MR) is 98.4 cm³/mol. The highest BCUT2D eigenvalue weighted by Crippen LogP contribution is 2.30. The minimum atomic E-state index is -0.719. The average Bonchev–Trinajstić information content (AvgIpc) is 2.68. The predicted octanol–water partition coefficient (Wildman–Crippen LogP) is 3.15. The van der Waals surface area contributed by atoms with Crippen molar-refractivity contribution in [2.75, 3.05) is 26.2 Å². The number of ether oxygens (including phenoxy) is 1. The first kappa shape index (κ1) is 19.7. The second kappa shape index (κ2) is 9.26. The molecule has 0 saturated carbocycles. The maximum atomic E-state index is 13.5. The summed E-state index contributed by atoms with van der Waals surface area (Å²) in [5, 5.41) is 20.7. The molecule has 0 radical (unpaired) electrons. The number of β-amino-alcohol motifs (C(OH)–C–C–N with tert-alkyl or cyclic N) is 1. The number of likely N-dealkylation sites (tertiary alicyclic amines) is 1. The Morgan fingerprint density at radius 1 is 1.00 bits per heavy atom. The van der Waals surface area contributed by atoms with E-state index in [0.29, 0.717) is 6.54 Å². The van der Waals surface area contributed by atoms with Crippen LogP contribution in [0.1, 0.15) is 24.5 Å². The Kier molecular flexibility index (Phi) is 6.77. The summed E-state index contributed by atoms with van der Waals surface area (Å²) in [4.78, 5) is 2.11. The van der Waals surface area contributed by atoms with Crippen LogP contribution in [0.3, 0.4) is 0 Å². The quantitative estimate of drug-likeness (QED) is 0.778. The first-order chi connectivity index (χ1) is 13.0. The molecule has 6 heteroatoms. The van der Waals surface area contributed by atoms with Gasteiger partial charge in [-0.15, -0.1) is 0 Å². The Bertz CT molecular complexity index is 718. The van der Waals surface area contributed by atoms with Gasteiger partial charge in [0.1, 0.15) is 18.5 Å². The fraction of sp³-hybridized carbons (Fsp3) is 0.429. The lowest BCUT2D eigenvalue weighted by Crippen LogP contribution is -2.41. The van der Waals surface area contributed by atoms with Crippen LogP contribution in [0, 0.1) is 17.6 Å². The smallest absolute Gasteiger partial charge is 0.165 e. The van der Waals surface area contributed by atoms with Gasteiger partial charge < -0.3 is 19.8 Å². The minimum absolute atomic E-state index is 0.0269. The van der Waals surface area contributed by atoms with Crippen molar-refractivity contribution in [3.8, 4) is 5.75 Å². The molecule has 1 heterocycles. The van der Waals surface area contributed by atoms with Crippen LogP contribution in [0.25, 0.3) is 0 Å². The second-order valence-electron chi connectivity index (χ2n) is 7.03. The molecular formula is C21H25F2NO3. The Morgan fingerprint density at radius 2 is 1.67 bits per heavy atom. The molecule has 2 aromatic carbocycles. The van der Waals surface area contributed by atoms with E-state index in [0.717, 1.165) is 31.5 Å². The van der Waals surface area contributed by atoms with E-state index in [1.54, 1.807) is 24.3 Å². The summed E-state index contributed by atoms with van der Waals surface area (Å²) in [6.07, 6.45) is 0.254. The lowest BCUT2D eigenvalue weighted by atomic mass is 9.87. The van der Waals surface area contributed by atoms with Crippen molar-refractivity contribution in [1.82, 2.24) is 4.90 Å². The maximum absolute atomic E-state index is 13.5. The summed E-state index contributed by atoms with van der Waals surface area (Å²) < 4.78 is 31.9. The van der Waals surface area contributed by atoms with Crippen LogP contribution in [0.2, 0.25) is 0 Å². The number of aliphatic hydroxyl groups excluding tert-OH is 2. The van der Waals surface area contributed by atoms with Gasteiger partial charge >= 0.3 is 0 Å². The minimum Gasteiger partial charge on any atom is -0.488 e. The fourth-order valence-electron chi connectivity index (χ4n) is 3.48. The van der Waals surface area contributed by atoms with Gasteiger partial charge in [-0.05, 0) is 61.7 Å². The molecule has 0 bridgehead atoms. The normalized spacial score (nSPS) is 18.2. The van der Waals surface area contributed by atoms with Gasteiger partial charge in [-0.1, -0.05) is 24.3 Å². The highest BCUT2D eigenvalue weighted by Gasteiger charge is 2.27. The average molecular weight is 377 g/mol. The molecule has 2 unspecified atom stereocenters. The lowest BCUT2D eigenvalue weighted by molar-refractivity contribution is 0.0274. The molecule has 0 aliphatic carbocycles. The molecule has 4 nitrogen and oxygen atoms in total. The zero-order valence-corrected chi connectivity index (χ0v) is 15.1. The molecule has 1 fully saturated rings. The molecule has 146 valence electrons. The fourth-order valence-corrected chi connectivity index (χ4v) is 3.48. The van der Waals surface area contributed by atoms with Gasteiger partial charge in [0.25, 0.3) is 0 Å². The highest BCUT2D eigenvalue weighted by molar-refractivity contribution is 5.23. The first-order valence-corrected chi connectivity index (χ1v) is 9.24. The molecule has 0 amide bonds. The molecular weight excluding hydrogens is 352 g/mol. The van der Waals surface area contributed by atoms with E-state index in [9.17, 15) is 19.0 Å². The largest absolute Gasteiger partial charge is 0.488 e. The van der Waals surface area contributed by atoms with Crippen molar-refractivity contribution in [3.05, 3.63) is 65.7 Å². The highest BCUT2D eigenvalue weighted by atomic mass is 19.1. The van der Waals surface area contributed by atoms with Crippen LogP contribution in [-0.2, 0) is 0 Å². The Morgan fingerprint density at radius 3 is 2.33 bits per heavy atom. The summed E-state index contributed by atoms with van der Waals surface area (Å²) in [6, 6.07) is 12.1. The van der Waals surface area contributed by atoms with Gasteiger partial charge in [-0.3, -0.25) is 0 Å². The number of rotatable bonds is 7. The maximum Gasteiger partial charge on any atom is 0.165 e. The van der Waals surface area contributed by atoms with E-state index in [1.807, 2.05) is 0 Å². The standard InChI is InChI=1S/C21H25F2NO3/c22-17-7-5-15(6-8-17)21(26)16-9-11-24(12-10-16)13-18(25)14-27-20-4-2-1-3-19(20)23/h1-8,16,18,21,25-26H,9-14H2. The van der Waals surface area contributed by atoms with Gasteiger partial charge in [0, 0.05) is 6.54 Å². The zero-order chi connectivity index (χ0) is 19.2. The Labute approximate surface area is 158 Å². The summed E-state index contributed by atoms with van der Waals surface area (Å²) >= 11 is 0. The zero-order valence-electron chi connectivity index (χ0n) is 15.1. The van der Waals surface area contributed by atoms with Crippen LogP contribution in [-0.4, -0.2) is 47.5 Å². The van der Waals surface area contributed by atoms with Crippen LogP contribution >= 0.6 is 0 Å². The van der Waals surface area contributed by atoms with Crippen molar-refractivity contribution in [2.24, 2.45) is 5.92 Å². The SMILES string of the molecule is OC(COc1ccccc1F)CN1CCC(C(O)c2ccc(F)cc2)CC1. The topological polar surface area (TPSA) is 52.9 Å². The summed E-state index contributed by atoms with van der Waals surface area (Å²) in [5.41, 5.74) is 0.730. The second-order valence-corrected chi connectivity index (χ2v) is 7.03. The third-order valence-corrected chi connectivity index (χ3v) is 5.03. The van der Waals surface area contributed by atoms with Gasteiger partial charge in [0.05, 0.1) is 6.10 Å². The number of halogens is 2. The molecule has 0 aromatic heterocycles. The molecule has 0 spiro atoms. The van der Waals surface area contributed by atoms with Gasteiger partial charge in [0.2, 0.25) is 0 Å². The number of hydrogen-bond donors (Lipinski definition) is 2. The third kappa shape index (κ3) is 5.48. The number of nitrogens with zero attached hydrogens (tertiary/aromatic N) is 1.